The molecule has 102 valence electrons. The molecule has 0 saturated carbocycles. The van der Waals surface area contributed by atoms with Gasteiger partial charge in [0.25, 0.3) is 0 Å². The Morgan fingerprint density at radius 3 is 2.74 bits per heavy atom. The van der Waals surface area contributed by atoms with Crippen molar-refractivity contribution in [3.63, 3.8) is 0 Å². The van der Waals surface area contributed by atoms with Crippen molar-refractivity contribution < 1.29 is 4.39 Å². The summed E-state index contributed by atoms with van der Waals surface area (Å²) in [5.41, 5.74) is 2.47. The van der Waals surface area contributed by atoms with E-state index >= 15 is 0 Å². The van der Waals surface area contributed by atoms with Crippen LogP contribution in [-0.4, -0.2) is 36.4 Å². The van der Waals surface area contributed by atoms with Crippen LogP contribution in [0, 0.1) is 5.82 Å². The van der Waals surface area contributed by atoms with Crippen molar-refractivity contribution in [3.05, 3.63) is 41.7 Å². The van der Waals surface area contributed by atoms with Gasteiger partial charge in [0.05, 0.1) is 29.8 Å². The number of rotatable bonds is 5. The van der Waals surface area contributed by atoms with Crippen molar-refractivity contribution in [1.82, 2.24) is 9.88 Å². The monoisotopic (exact) mass is 262 g/mol. The van der Waals surface area contributed by atoms with E-state index < -0.39 is 0 Å². The molecule has 1 aromatic heterocycles. The molecule has 1 aromatic rings. The molecule has 19 heavy (non-hydrogen) atoms. The molecule has 5 heteroatoms. The van der Waals surface area contributed by atoms with Crippen molar-refractivity contribution in [2.24, 2.45) is 9.98 Å². The van der Waals surface area contributed by atoms with Gasteiger partial charge in [0, 0.05) is 20.3 Å². The largest absolute Gasteiger partial charge is 0.365 e. The average Bonchev–Trinajstić information content (AvgIpc) is 2.42. The lowest BCUT2D eigenvalue weighted by Gasteiger charge is -2.29. The molecule has 0 amide bonds. The Balaban J connectivity index is 3.07. The molecule has 0 bridgehead atoms. The van der Waals surface area contributed by atoms with Crippen LogP contribution in [0.1, 0.15) is 25.5 Å². The van der Waals surface area contributed by atoms with Crippen LogP contribution in [0.25, 0.3) is 0 Å². The zero-order chi connectivity index (χ0) is 14.4. The van der Waals surface area contributed by atoms with Crippen LogP contribution in [0.15, 0.2) is 40.3 Å². The summed E-state index contributed by atoms with van der Waals surface area (Å²) in [4.78, 5) is 13.8. The summed E-state index contributed by atoms with van der Waals surface area (Å²) in [5, 5.41) is 0. The van der Waals surface area contributed by atoms with Gasteiger partial charge >= 0.3 is 0 Å². The second kappa shape index (κ2) is 6.78. The summed E-state index contributed by atoms with van der Waals surface area (Å²) in [5.74, 6) is -0.342. The predicted molar refractivity (Wildman–Crippen MR) is 77.0 cm³/mol. The molecule has 0 aliphatic heterocycles. The Labute approximate surface area is 113 Å². The van der Waals surface area contributed by atoms with Gasteiger partial charge in [0.1, 0.15) is 5.82 Å². The smallest absolute Gasteiger partial charge is 0.141 e. The number of aromatic nitrogens is 1. The lowest BCUT2D eigenvalue weighted by Crippen LogP contribution is -2.25. The van der Waals surface area contributed by atoms with E-state index in [1.165, 1.54) is 12.3 Å². The van der Waals surface area contributed by atoms with Crippen LogP contribution in [0.2, 0.25) is 0 Å². The third kappa shape index (κ3) is 3.71. The highest BCUT2D eigenvalue weighted by molar-refractivity contribution is 5.97. The molecule has 0 spiro atoms. The topological polar surface area (TPSA) is 40.9 Å². The van der Waals surface area contributed by atoms with E-state index in [4.69, 9.17) is 0 Å². The fourth-order valence-corrected chi connectivity index (χ4v) is 1.73. The van der Waals surface area contributed by atoms with E-state index in [9.17, 15) is 4.39 Å². The average molecular weight is 262 g/mol. The third-order valence-electron chi connectivity index (χ3n) is 3.09. The number of hydrogen-bond acceptors (Lipinski definition) is 4. The van der Waals surface area contributed by atoms with Gasteiger partial charge in [-0.15, -0.1) is 0 Å². The standard InChI is InChI=1S/C14H19FN4/c1-10(17-4)14(9-16-3)19(5)11(2)12-6-13(15)8-18-7-12/h6-9,11H,3H2,1-2,4-5H3/b14-9+,17-10?. The van der Waals surface area contributed by atoms with Gasteiger partial charge in [0.15, 0.2) is 0 Å². The SMILES string of the molecule is C=N/C=C(\C(C)=NC)N(C)C(C)c1cncc(F)c1. The van der Waals surface area contributed by atoms with Gasteiger partial charge in [-0.2, -0.15) is 0 Å². The maximum Gasteiger partial charge on any atom is 0.141 e. The molecule has 1 atom stereocenters. The quantitative estimate of drug-likeness (QED) is 0.766. The van der Waals surface area contributed by atoms with Gasteiger partial charge in [-0.25, -0.2) is 4.39 Å². The first kappa shape index (κ1) is 15.0. The van der Waals surface area contributed by atoms with E-state index in [2.05, 4.69) is 21.7 Å². The number of aliphatic imine (C=N–C) groups is 2. The number of hydrogen-bond donors (Lipinski definition) is 0. The Hall–Kier alpha value is -2.04. The molecule has 0 aliphatic rings. The van der Waals surface area contributed by atoms with Crippen LogP contribution in [0.4, 0.5) is 4.39 Å². The third-order valence-corrected chi connectivity index (χ3v) is 3.09. The first-order valence-electron chi connectivity index (χ1n) is 5.94. The molecule has 0 radical (unpaired) electrons. The number of allylic oxidation sites excluding steroid dienone is 1. The minimum absolute atomic E-state index is 0.0482. The maximum atomic E-state index is 13.2. The molecule has 0 N–H and O–H groups in total. The summed E-state index contributed by atoms with van der Waals surface area (Å²) in [6.45, 7) is 7.33. The fourth-order valence-electron chi connectivity index (χ4n) is 1.73. The molecule has 0 aromatic carbocycles. The molecule has 1 rings (SSSR count). The Bertz CT molecular complexity index is 508. The van der Waals surface area contributed by atoms with E-state index in [1.807, 2.05) is 25.8 Å². The molecule has 1 unspecified atom stereocenters. The van der Waals surface area contributed by atoms with Gasteiger partial charge in [-0.1, -0.05) is 0 Å². The normalized spacial score (nSPS) is 14.2. The lowest BCUT2D eigenvalue weighted by atomic mass is 10.1. The lowest BCUT2D eigenvalue weighted by molar-refractivity contribution is 0.343. The summed E-state index contributed by atoms with van der Waals surface area (Å²) in [7, 11) is 3.62. The minimum atomic E-state index is -0.342. The highest BCUT2D eigenvalue weighted by Crippen LogP contribution is 2.23. The van der Waals surface area contributed by atoms with E-state index in [0.29, 0.717) is 0 Å². The highest BCUT2D eigenvalue weighted by atomic mass is 19.1. The van der Waals surface area contributed by atoms with Crippen LogP contribution >= 0.6 is 0 Å². The van der Waals surface area contributed by atoms with Crippen LogP contribution in [0.5, 0.6) is 0 Å². The van der Waals surface area contributed by atoms with Gasteiger partial charge in [-0.3, -0.25) is 15.0 Å². The van der Waals surface area contributed by atoms with E-state index in [1.54, 1.807) is 19.4 Å². The van der Waals surface area contributed by atoms with E-state index in [-0.39, 0.29) is 11.9 Å². The van der Waals surface area contributed by atoms with Crippen LogP contribution < -0.4 is 0 Å². The van der Waals surface area contributed by atoms with Gasteiger partial charge in [0.2, 0.25) is 0 Å². The van der Waals surface area contributed by atoms with Crippen molar-refractivity contribution in [1.29, 1.82) is 0 Å². The molecule has 0 fully saturated rings. The summed E-state index contributed by atoms with van der Waals surface area (Å²) in [6.07, 6.45) is 4.49. The summed E-state index contributed by atoms with van der Waals surface area (Å²) < 4.78 is 13.2. The summed E-state index contributed by atoms with van der Waals surface area (Å²) in [6, 6.07) is 1.43. The Morgan fingerprint density at radius 2 is 2.21 bits per heavy atom. The zero-order valence-electron chi connectivity index (χ0n) is 11.8. The van der Waals surface area contributed by atoms with Crippen molar-refractivity contribution in [2.75, 3.05) is 14.1 Å². The fraction of sp³-hybridized carbons (Fsp3) is 0.357. The molecule has 0 saturated heterocycles. The summed E-state index contributed by atoms with van der Waals surface area (Å²) >= 11 is 0. The zero-order valence-corrected chi connectivity index (χ0v) is 11.8. The van der Waals surface area contributed by atoms with Gasteiger partial charge in [-0.05, 0) is 32.2 Å². The highest BCUT2D eigenvalue weighted by Gasteiger charge is 2.17. The minimum Gasteiger partial charge on any atom is -0.365 e. The molecule has 4 nitrogen and oxygen atoms in total. The second-order valence-electron chi connectivity index (χ2n) is 4.23. The van der Waals surface area contributed by atoms with Crippen LogP contribution in [0.3, 0.4) is 0 Å². The van der Waals surface area contributed by atoms with Gasteiger partial charge < -0.3 is 4.90 Å². The van der Waals surface area contributed by atoms with E-state index in [0.717, 1.165) is 17.0 Å². The Morgan fingerprint density at radius 1 is 1.53 bits per heavy atom. The molecular weight excluding hydrogens is 243 g/mol. The van der Waals surface area contributed by atoms with Crippen molar-refractivity contribution in [2.45, 2.75) is 19.9 Å². The molecular formula is C14H19FN4. The first-order chi connectivity index (χ1) is 9.01. The van der Waals surface area contributed by atoms with Crippen molar-refractivity contribution >= 4 is 12.4 Å². The first-order valence-corrected chi connectivity index (χ1v) is 5.94. The van der Waals surface area contributed by atoms with Crippen molar-refractivity contribution in [3.8, 4) is 0 Å². The predicted octanol–water partition coefficient (Wildman–Crippen LogP) is 2.85. The number of pyridine rings is 1. The molecule has 1 heterocycles. The second-order valence-corrected chi connectivity index (χ2v) is 4.23. The maximum absolute atomic E-state index is 13.2. The molecule has 0 aliphatic carbocycles. The Kier molecular flexibility index (Phi) is 5.36. The number of nitrogens with zero attached hydrogens (tertiary/aromatic N) is 4. The van der Waals surface area contributed by atoms with Crippen LogP contribution in [-0.2, 0) is 0 Å². The number of halogens is 1.